The molecule has 7 rings (SSSR count). The maximum atomic E-state index is 13.7. The highest BCUT2D eigenvalue weighted by molar-refractivity contribution is 7.11. The molecule has 0 unspecified atom stereocenters. The van der Waals surface area contributed by atoms with E-state index in [4.69, 9.17) is 14.5 Å². The fraction of sp³-hybridized carbons (Fsp3) is 0.462. The summed E-state index contributed by atoms with van der Waals surface area (Å²) in [5.41, 5.74) is 0.611. The number of aromatic amines is 1. The topological polar surface area (TPSA) is 94.9 Å². The summed E-state index contributed by atoms with van der Waals surface area (Å²) >= 11 is 1.52. The van der Waals surface area contributed by atoms with Crippen molar-refractivity contribution in [1.82, 2.24) is 24.5 Å². The Morgan fingerprint density at radius 1 is 1.17 bits per heavy atom. The van der Waals surface area contributed by atoms with Crippen molar-refractivity contribution in [1.29, 1.82) is 0 Å². The quantitative estimate of drug-likeness (QED) is 0.333. The van der Waals surface area contributed by atoms with Crippen LogP contribution in [0.1, 0.15) is 57.7 Å². The highest BCUT2D eigenvalue weighted by atomic mass is 32.1. The van der Waals surface area contributed by atoms with Crippen molar-refractivity contribution < 1.29 is 13.9 Å². The van der Waals surface area contributed by atoms with E-state index in [0.717, 1.165) is 56.0 Å². The van der Waals surface area contributed by atoms with Crippen LogP contribution in [0, 0.1) is 11.2 Å². The molecular weight excluding hydrogens is 481 g/mol. The second kappa shape index (κ2) is 8.99. The molecule has 4 aromatic rings. The molecule has 3 aliphatic carbocycles. The van der Waals surface area contributed by atoms with E-state index in [1.807, 2.05) is 12.3 Å². The van der Waals surface area contributed by atoms with E-state index in [1.165, 1.54) is 28.0 Å². The molecule has 3 fully saturated rings. The first-order chi connectivity index (χ1) is 17.5. The zero-order valence-electron chi connectivity index (χ0n) is 20.1. The summed E-state index contributed by atoms with van der Waals surface area (Å²) in [6, 6.07) is 5.94. The Bertz CT molecular complexity index is 1420. The van der Waals surface area contributed by atoms with Crippen LogP contribution in [-0.4, -0.2) is 31.1 Å². The number of aromatic nitrogens is 5. The smallest absolute Gasteiger partial charge is 0.306 e. The molecule has 36 heavy (non-hydrogen) atoms. The zero-order chi connectivity index (χ0) is 24.8. The molecule has 0 amide bonds. The Hall–Kier alpha value is -3.27. The molecule has 0 spiro atoms. The maximum Gasteiger partial charge on any atom is 0.306 e. The summed E-state index contributed by atoms with van der Waals surface area (Å²) in [6.07, 6.45) is 8.62. The van der Waals surface area contributed by atoms with E-state index in [0.29, 0.717) is 24.3 Å². The fourth-order valence-corrected chi connectivity index (χ4v) is 6.17. The lowest BCUT2D eigenvalue weighted by Crippen LogP contribution is -2.47. The van der Waals surface area contributed by atoms with Gasteiger partial charge in [-0.25, -0.2) is 14.4 Å². The summed E-state index contributed by atoms with van der Waals surface area (Å²) < 4.78 is 27.1. The molecule has 10 heteroatoms. The minimum absolute atomic E-state index is 0.0881. The first kappa shape index (κ1) is 23.1. The number of hydrogen-bond donors (Lipinski definition) is 1. The zero-order valence-corrected chi connectivity index (χ0v) is 20.9. The van der Waals surface area contributed by atoms with E-state index >= 15 is 0 Å². The molecule has 1 N–H and O–H groups in total. The van der Waals surface area contributed by atoms with Gasteiger partial charge in [-0.05, 0) is 57.1 Å². The standard InChI is InChI=1S/C26H28FN5O3S/c1-2-13-32-21(33)19-20(31-23(32)35-18-5-3-4-17(27)15-18)30-22(29-19)26-9-6-25(7-10-26,8-11-26)16-34-24-28-12-14-36-24/h3-5,12,14-15H,2,6-11,13,16H2,1H3,(H,29,30). The van der Waals surface area contributed by atoms with Crippen LogP contribution in [0.5, 0.6) is 17.0 Å². The number of benzene rings is 1. The van der Waals surface area contributed by atoms with Gasteiger partial charge in [-0.15, -0.1) is 0 Å². The van der Waals surface area contributed by atoms with Crippen LogP contribution in [0.2, 0.25) is 0 Å². The van der Waals surface area contributed by atoms with Gasteiger partial charge in [0, 0.05) is 35.0 Å². The predicted octanol–water partition coefficient (Wildman–Crippen LogP) is 5.59. The first-order valence-corrected chi connectivity index (χ1v) is 13.3. The molecule has 188 valence electrons. The van der Waals surface area contributed by atoms with Gasteiger partial charge in [0.15, 0.2) is 11.2 Å². The van der Waals surface area contributed by atoms with Crippen LogP contribution < -0.4 is 15.0 Å². The van der Waals surface area contributed by atoms with Crippen LogP contribution in [0.15, 0.2) is 40.6 Å². The number of nitrogens with one attached hydrogen (secondary N) is 1. The number of fused-ring (bicyclic) bond motifs is 4. The normalized spacial score (nSPS) is 23.3. The third kappa shape index (κ3) is 4.07. The van der Waals surface area contributed by atoms with E-state index in [1.54, 1.807) is 18.3 Å². The molecule has 0 atom stereocenters. The van der Waals surface area contributed by atoms with Crippen molar-refractivity contribution in [2.45, 2.75) is 63.8 Å². The molecule has 1 aromatic carbocycles. The molecule has 3 saturated carbocycles. The molecule has 3 aliphatic rings. The number of hydrogen-bond acceptors (Lipinski definition) is 7. The van der Waals surface area contributed by atoms with Crippen molar-refractivity contribution in [3.8, 4) is 17.0 Å². The van der Waals surface area contributed by atoms with E-state index < -0.39 is 5.82 Å². The Morgan fingerprint density at radius 2 is 1.97 bits per heavy atom. The first-order valence-electron chi connectivity index (χ1n) is 12.5. The van der Waals surface area contributed by atoms with Gasteiger partial charge in [0.25, 0.3) is 10.8 Å². The van der Waals surface area contributed by atoms with Crippen molar-refractivity contribution in [2.75, 3.05) is 6.61 Å². The van der Waals surface area contributed by atoms with Gasteiger partial charge < -0.3 is 14.5 Å². The molecule has 3 heterocycles. The number of imidazole rings is 1. The number of H-pyrrole nitrogens is 1. The predicted molar refractivity (Wildman–Crippen MR) is 134 cm³/mol. The third-order valence-corrected chi connectivity index (χ3v) is 8.53. The van der Waals surface area contributed by atoms with Crippen molar-refractivity contribution in [3.05, 3.63) is 57.8 Å². The maximum absolute atomic E-state index is 13.7. The van der Waals surface area contributed by atoms with Gasteiger partial charge in [-0.2, -0.15) is 4.98 Å². The van der Waals surface area contributed by atoms with Gasteiger partial charge in [-0.3, -0.25) is 9.36 Å². The van der Waals surface area contributed by atoms with Gasteiger partial charge in [0.2, 0.25) is 0 Å². The number of thiazole rings is 1. The molecule has 3 aromatic heterocycles. The highest BCUT2D eigenvalue weighted by Gasteiger charge is 2.51. The molecule has 8 nitrogen and oxygen atoms in total. The minimum Gasteiger partial charge on any atom is -0.469 e. The summed E-state index contributed by atoms with van der Waals surface area (Å²) in [4.78, 5) is 30.4. The second-order valence-electron chi connectivity index (χ2n) is 10.1. The Morgan fingerprint density at radius 3 is 2.67 bits per heavy atom. The summed E-state index contributed by atoms with van der Waals surface area (Å²) in [7, 11) is 0. The van der Waals surface area contributed by atoms with Gasteiger partial charge in [0.05, 0.1) is 6.61 Å². The molecule has 0 aliphatic heterocycles. The minimum atomic E-state index is -0.415. The lowest BCUT2D eigenvalue weighted by Gasteiger charge is -2.52. The Balaban J connectivity index is 1.28. The Kier molecular flexibility index (Phi) is 5.78. The van der Waals surface area contributed by atoms with Crippen LogP contribution in [0.3, 0.4) is 0 Å². The summed E-state index contributed by atoms with van der Waals surface area (Å²) in [5, 5.41) is 2.66. The van der Waals surface area contributed by atoms with Crippen molar-refractivity contribution >= 4 is 22.5 Å². The number of rotatable bonds is 8. The number of ether oxygens (including phenoxy) is 2. The van der Waals surface area contributed by atoms with E-state index in [-0.39, 0.29) is 28.1 Å². The summed E-state index contributed by atoms with van der Waals surface area (Å²) in [5.74, 6) is 0.709. The number of nitrogens with zero attached hydrogens (tertiary/aromatic N) is 4. The van der Waals surface area contributed by atoms with Gasteiger partial charge in [-0.1, -0.05) is 24.3 Å². The largest absolute Gasteiger partial charge is 0.469 e. The fourth-order valence-electron chi connectivity index (χ4n) is 5.68. The highest BCUT2D eigenvalue weighted by Crippen LogP contribution is 2.57. The molecular formula is C26H28FN5O3S. The average molecular weight is 510 g/mol. The summed E-state index contributed by atoms with van der Waals surface area (Å²) in [6.45, 7) is 3.11. The van der Waals surface area contributed by atoms with Crippen LogP contribution in [0.4, 0.5) is 4.39 Å². The van der Waals surface area contributed by atoms with Gasteiger partial charge >= 0.3 is 6.01 Å². The molecule has 0 radical (unpaired) electrons. The van der Waals surface area contributed by atoms with E-state index in [2.05, 4.69) is 15.0 Å². The lowest BCUT2D eigenvalue weighted by molar-refractivity contribution is -0.00145. The Labute approximate surface area is 211 Å². The van der Waals surface area contributed by atoms with Gasteiger partial charge in [0.1, 0.15) is 17.4 Å². The van der Waals surface area contributed by atoms with Crippen LogP contribution in [0.25, 0.3) is 11.2 Å². The molecule has 2 bridgehead atoms. The van der Waals surface area contributed by atoms with E-state index in [9.17, 15) is 9.18 Å². The number of halogens is 1. The second-order valence-corrected chi connectivity index (χ2v) is 10.9. The third-order valence-electron chi connectivity index (χ3n) is 7.84. The molecule has 0 saturated heterocycles. The van der Waals surface area contributed by atoms with Crippen molar-refractivity contribution in [2.24, 2.45) is 5.41 Å². The average Bonchev–Trinajstić information content (AvgIpc) is 3.57. The van der Waals surface area contributed by atoms with Crippen LogP contribution >= 0.6 is 11.3 Å². The SMILES string of the molecule is CCCn1c(Oc2cccc(F)c2)nc2nc(C34CCC(COc5nccs5)(CC3)CC4)[nH]c2c1=O. The van der Waals surface area contributed by atoms with Crippen molar-refractivity contribution in [3.63, 3.8) is 0 Å². The lowest BCUT2D eigenvalue weighted by atomic mass is 9.53. The monoisotopic (exact) mass is 509 g/mol. The van der Waals surface area contributed by atoms with Crippen LogP contribution in [-0.2, 0) is 12.0 Å².